The maximum absolute atomic E-state index is 10.7. The fourth-order valence-electron chi connectivity index (χ4n) is 0.826. The van der Waals surface area contributed by atoms with Gasteiger partial charge in [-0.1, -0.05) is 0 Å². The topological polar surface area (TPSA) is 52.3 Å². The summed E-state index contributed by atoms with van der Waals surface area (Å²) in [4.78, 5) is 10.7. The Morgan fingerprint density at radius 1 is 1.80 bits per heavy atom. The Labute approximate surface area is 64.3 Å². The average molecular weight is 161 g/mol. The molecule has 4 heteroatoms. The number of carbonyl (C=O) groups excluding carboxylic acids is 1. The summed E-state index contributed by atoms with van der Waals surface area (Å²) in [6.45, 7) is 0. The summed E-state index contributed by atoms with van der Waals surface area (Å²) in [7, 11) is 1.39. The van der Waals surface area contributed by atoms with Crippen molar-refractivity contribution in [1.82, 2.24) is 0 Å². The van der Waals surface area contributed by atoms with E-state index in [2.05, 4.69) is 4.74 Å². The Bertz CT molecular complexity index is 145. The summed E-state index contributed by atoms with van der Waals surface area (Å²) in [6.07, 6.45) is 0.358. The maximum atomic E-state index is 10.7. The monoisotopic (exact) mass is 161 g/mol. The molecule has 0 aromatic heterocycles. The zero-order valence-corrected chi connectivity index (χ0v) is 6.74. The summed E-state index contributed by atoms with van der Waals surface area (Å²) >= 11 is 1.76. The lowest BCUT2D eigenvalue weighted by molar-refractivity contribution is -0.141. The first-order valence-corrected chi connectivity index (χ1v) is 4.25. The molecule has 0 aromatic carbocycles. The van der Waals surface area contributed by atoms with Crippen molar-refractivity contribution < 1.29 is 9.53 Å². The molecule has 1 rings (SSSR count). The van der Waals surface area contributed by atoms with E-state index in [1.807, 2.05) is 0 Å². The zero-order chi connectivity index (χ0) is 7.61. The number of hydrogen-bond acceptors (Lipinski definition) is 4. The Hall–Kier alpha value is -0.220. The molecular formula is C6H11NO2S. The first-order chi connectivity index (χ1) is 4.66. The van der Waals surface area contributed by atoms with Crippen LogP contribution < -0.4 is 5.73 Å². The van der Waals surface area contributed by atoms with Gasteiger partial charge in [0.25, 0.3) is 0 Å². The number of methoxy groups -OCH3 is 1. The van der Waals surface area contributed by atoms with Crippen molar-refractivity contribution in [1.29, 1.82) is 0 Å². The minimum absolute atomic E-state index is 0.206. The van der Waals surface area contributed by atoms with Crippen LogP contribution in [0, 0.1) is 0 Å². The highest BCUT2D eigenvalue weighted by molar-refractivity contribution is 8.00. The predicted octanol–water partition coefficient (Wildman–Crippen LogP) is -0.00620. The highest BCUT2D eigenvalue weighted by atomic mass is 32.2. The van der Waals surface area contributed by atoms with Gasteiger partial charge in [-0.15, -0.1) is 0 Å². The van der Waals surface area contributed by atoms with Gasteiger partial charge < -0.3 is 10.5 Å². The molecule has 0 aliphatic carbocycles. The molecule has 0 spiro atoms. The number of carbonyl (C=O) groups is 1. The van der Waals surface area contributed by atoms with Crippen LogP contribution in [0.4, 0.5) is 0 Å². The molecule has 0 bridgehead atoms. The van der Waals surface area contributed by atoms with E-state index in [1.165, 1.54) is 7.11 Å². The van der Waals surface area contributed by atoms with Crippen LogP contribution in [-0.2, 0) is 9.53 Å². The molecule has 58 valence electrons. The van der Waals surface area contributed by atoms with Gasteiger partial charge in [-0.3, -0.25) is 4.79 Å². The van der Waals surface area contributed by atoms with E-state index in [-0.39, 0.29) is 11.5 Å². The number of nitrogens with two attached hydrogens (primary N) is 1. The summed E-state index contributed by atoms with van der Waals surface area (Å²) in [5, 5.41) is 0. The summed E-state index contributed by atoms with van der Waals surface area (Å²) in [5.41, 5.74) is 5.49. The van der Waals surface area contributed by atoms with Crippen LogP contribution >= 0.6 is 11.8 Å². The largest absolute Gasteiger partial charge is 0.469 e. The molecule has 0 unspecified atom stereocenters. The van der Waals surface area contributed by atoms with Gasteiger partial charge in [-0.05, 0) is 0 Å². The molecule has 0 amide bonds. The van der Waals surface area contributed by atoms with Gasteiger partial charge in [0.1, 0.15) is 0 Å². The zero-order valence-electron chi connectivity index (χ0n) is 5.92. The lowest BCUT2D eigenvalue weighted by Gasteiger charge is -2.36. The Balaban J connectivity index is 2.29. The van der Waals surface area contributed by atoms with Crippen LogP contribution in [0.25, 0.3) is 0 Å². The van der Waals surface area contributed by atoms with Gasteiger partial charge in [0, 0.05) is 17.0 Å². The van der Waals surface area contributed by atoms with Crippen molar-refractivity contribution in [2.24, 2.45) is 5.73 Å². The van der Waals surface area contributed by atoms with Crippen molar-refractivity contribution in [3.05, 3.63) is 0 Å². The van der Waals surface area contributed by atoms with Crippen molar-refractivity contribution >= 4 is 17.7 Å². The van der Waals surface area contributed by atoms with E-state index in [0.29, 0.717) is 6.42 Å². The minimum Gasteiger partial charge on any atom is -0.469 e. The number of thioether (sulfide) groups is 1. The molecule has 0 aromatic rings. The van der Waals surface area contributed by atoms with Crippen LogP contribution in [-0.4, -0.2) is 30.1 Å². The number of ether oxygens (including phenoxy) is 1. The second kappa shape index (κ2) is 2.80. The third-order valence-corrected chi connectivity index (χ3v) is 3.06. The van der Waals surface area contributed by atoms with Crippen molar-refractivity contribution in [2.75, 3.05) is 18.6 Å². The lowest BCUT2D eigenvalue weighted by atomic mass is 10.0. The first-order valence-electron chi connectivity index (χ1n) is 3.10. The Kier molecular flexibility index (Phi) is 2.21. The molecular weight excluding hydrogens is 150 g/mol. The molecule has 2 N–H and O–H groups in total. The quantitative estimate of drug-likeness (QED) is 0.579. The van der Waals surface area contributed by atoms with Crippen molar-refractivity contribution in [2.45, 2.75) is 12.0 Å². The van der Waals surface area contributed by atoms with Crippen LogP contribution in [0.5, 0.6) is 0 Å². The molecule has 0 radical (unpaired) electrons. The van der Waals surface area contributed by atoms with Crippen molar-refractivity contribution in [3.63, 3.8) is 0 Å². The maximum Gasteiger partial charge on any atom is 0.307 e. The number of rotatable bonds is 2. The van der Waals surface area contributed by atoms with E-state index in [9.17, 15) is 4.79 Å². The molecule has 0 saturated carbocycles. The van der Waals surface area contributed by atoms with E-state index in [1.54, 1.807) is 11.8 Å². The molecule has 1 aliphatic rings. The summed E-state index contributed by atoms with van der Waals surface area (Å²) in [5.74, 6) is 1.55. The molecule has 1 heterocycles. The Morgan fingerprint density at radius 3 is 2.70 bits per heavy atom. The van der Waals surface area contributed by atoms with Gasteiger partial charge in [0.15, 0.2) is 0 Å². The predicted molar refractivity (Wildman–Crippen MR) is 40.9 cm³/mol. The van der Waals surface area contributed by atoms with Gasteiger partial charge in [-0.25, -0.2) is 0 Å². The number of esters is 1. The molecule has 0 atom stereocenters. The van der Waals surface area contributed by atoms with Crippen LogP contribution in [0.1, 0.15) is 6.42 Å². The van der Waals surface area contributed by atoms with Crippen LogP contribution in [0.2, 0.25) is 0 Å². The SMILES string of the molecule is COC(=O)CC1(N)CSC1. The molecule has 1 fully saturated rings. The van der Waals surface area contributed by atoms with Gasteiger partial charge in [-0.2, -0.15) is 11.8 Å². The molecule has 1 aliphatic heterocycles. The van der Waals surface area contributed by atoms with Crippen molar-refractivity contribution in [3.8, 4) is 0 Å². The lowest BCUT2D eigenvalue weighted by Crippen LogP contribution is -2.53. The highest BCUT2D eigenvalue weighted by Crippen LogP contribution is 2.29. The third-order valence-electron chi connectivity index (χ3n) is 1.50. The fourth-order valence-corrected chi connectivity index (χ4v) is 1.76. The van der Waals surface area contributed by atoms with E-state index in [0.717, 1.165) is 11.5 Å². The van der Waals surface area contributed by atoms with Crippen LogP contribution in [0.15, 0.2) is 0 Å². The normalized spacial score (nSPS) is 21.4. The highest BCUT2D eigenvalue weighted by Gasteiger charge is 2.35. The van der Waals surface area contributed by atoms with E-state index < -0.39 is 0 Å². The smallest absolute Gasteiger partial charge is 0.307 e. The van der Waals surface area contributed by atoms with E-state index in [4.69, 9.17) is 5.73 Å². The molecule has 1 saturated heterocycles. The third kappa shape index (κ3) is 1.64. The summed E-state index contributed by atoms with van der Waals surface area (Å²) < 4.78 is 4.49. The molecule has 10 heavy (non-hydrogen) atoms. The van der Waals surface area contributed by atoms with Crippen LogP contribution in [0.3, 0.4) is 0 Å². The van der Waals surface area contributed by atoms with E-state index >= 15 is 0 Å². The van der Waals surface area contributed by atoms with Gasteiger partial charge in [0.2, 0.25) is 0 Å². The number of hydrogen-bond donors (Lipinski definition) is 1. The Morgan fingerprint density at radius 2 is 2.40 bits per heavy atom. The standard InChI is InChI=1S/C6H11NO2S/c1-9-5(8)2-6(7)3-10-4-6/h2-4,7H2,1H3. The van der Waals surface area contributed by atoms with Gasteiger partial charge in [0.05, 0.1) is 13.5 Å². The summed E-state index contributed by atoms with van der Waals surface area (Å²) in [6, 6.07) is 0. The van der Waals surface area contributed by atoms with Gasteiger partial charge >= 0.3 is 5.97 Å². The average Bonchev–Trinajstić information content (AvgIpc) is 1.84. The fraction of sp³-hybridized carbons (Fsp3) is 0.833. The second-order valence-electron chi connectivity index (χ2n) is 2.61. The minimum atomic E-state index is -0.266. The first kappa shape index (κ1) is 7.88. The molecule has 3 nitrogen and oxygen atoms in total. The second-order valence-corrected chi connectivity index (χ2v) is 3.59.